The number of rotatable bonds is 3. The molecule has 5 nitrogen and oxygen atoms in total. The van der Waals surface area contributed by atoms with Gasteiger partial charge in [0.1, 0.15) is 0 Å². The zero-order chi connectivity index (χ0) is 19.7. The first-order chi connectivity index (χ1) is 13.5. The molecule has 1 fully saturated rings. The van der Waals surface area contributed by atoms with Gasteiger partial charge in [-0.3, -0.25) is 14.2 Å². The Bertz CT molecular complexity index is 1030. The Morgan fingerprint density at radius 3 is 2.39 bits per heavy atom. The molecule has 0 aliphatic carbocycles. The second kappa shape index (κ2) is 7.68. The lowest BCUT2D eigenvalue weighted by molar-refractivity contribution is 0.0941. The van der Waals surface area contributed by atoms with Crippen molar-refractivity contribution in [3.05, 3.63) is 59.2 Å². The van der Waals surface area contributed by atoms with Crippen molar-refractivity contribution in [1.29, 1.82) is 0 Å². The van der Waals surface area contributed by atoms with E-state index in [2.05, 4.69) is 10.2 Å². The van der Waals surface area contributed by atoms with Gasteiger partial charge in [0, 0.05) is 48.0 Å². The fraction of sp³-hybridized carbons (Fsp3) is 0.273. The van der Waals surface area contributed by atoms with Crippen LogP contribution in [0.1, 0.15) is 41.3 Å². The molecule has 4 rings (SSSR count). The average Bonchev–Trinajstić information content (AvgIpc) is 3.08. The highest BCUT2D eigenvalue weighted by atomic mass is 35.5. The lowest BCUT2D eigenvalue weighted by Crippen LogP contribution is -2.29. The van der Waals surface area contributed by atoms with Gasteiger partial charge >= 0.3 is 0 Å². The van der Waals surface area contributed by atoms with Gasteiger partial charge < -0.3 is 10.2 Å². The normalized spacial score (nSPS) is 14.3. The van der Waals surface area contributed by atoms with Crippen LogP contribution in [-0.2, 0) is 0 Å². The monoisotopic (exact) mass is 395 g/mol. The van der Waals surface area contributed by atoms with Crippen LogP contribution in [0.15, 0.2) is 48.7 Å². The van der Waals surface area contributed by atoms with Gasteiger partial charge in [0.05, 0.1) is 11.1 Å². The number of halogens is 1. The summed E-state index contributed by atoms with van der Waals surface area (Å²) in [5, 5.41) is 4.15. The molecule has 3 aromatic rings. The summed E-state index contributed by atoms with van der Waals surface area (Å²) in [6.45, 7) is 3.62. The minimum absolute atomic E-state index is 0.169. The van der Waals surface area contributed by atoms with E-state index >= 15 is 0 Å². The molecule has 0 saturated carbocycles. The number of aromatic nitrogens is 1. The Hall–Kier alpha value is -2.79. The summed E-state index contributed by atoms with van der Waals surface area (Å²) in [5.74, 6) is -0.421. The van der Waals surface area contributed by atoms with Crippen LogP contribution in [0.3, 0.4) is 0 Å². The molecule has 2 heterocycles. The van der Waals surface area contributed by atoms with E-state index in [1.54, 1.807) is 24.4 Å². The molecule has 0 atom stereocenters. The van der Waals surface area contributed by atoms with Crippen molar-refractivity contribution in [3.63, 3.8) is 0 Å². The second-order valence-electron chi connectivity index (χ2n) is 7.14. The van der Waals surface area contributed by atoms with E-state index in [4.69, 9.17) is 11.6 Å². The standard InChI is InChI=1S/C22H22ClN3O2/c1-15(27)26-14-20(19-10-5-16(23)13-21(19)26)22(28)24-17-6-8-18(9-7-17)25-11-3-2-4-12-25/h5-10,13-14H,2-4,11-12H2,1H3,(H,24,28). The molecule has 1 amide bonds. The number of hydrogen-bond donors (Lipinski definition) is 1. The summed E-state index contributed by atoms with van der Waals surface area (Å²) in [5.41, 5.74) is 2.98. The van der Waals surface area contributed by atoms with E-state index in [9.17, 15) is 9.59 Å². The molecule has 6 heteroatoms. The molecule has 0 unspecified atom stereocenters. The molecule has 28 heavy (non-hydrogen) atoms. The predicted octanol–water partition coefficient (Wildman–Crippen LogP) is 5.20. The highest BCUT2D eigenvalue weighted by Crippen LogP contribution is 2.26. The summed E-state index contributed by atoms with van der Waals surface area (Å²) in [7, 11) is 0. The highest BCUT2D eigenvalue weighted by Gasteiger charge is 2.18. The number of hydrogen-bond acceptors (Lipinski definition) is 3. The van der Waals surface area contributed by atoms with Crippen LogP contribution in [-0.4, -0.2) is 29.5 Å². The number of carbonyl (C=O) groups excluding carboxylic acids is 2. The minimum atomic E-state index is -0.252. The SMILES string of the molecule is CC(=O)n1cc(C(=O)Nc2ccc(N3CCCCC3)cc2)c2ccc(Cl)cc21. The van der Waals surface area contributed by atoms with E-state index in [1.807, 2.05) is 24.3 Å². The summed E-state index contributed by atoms with van der Waals surface area (Å²) in [6, 6.07) is 13.1. The number of nitrogens with one attached hydrogen (secondary N) is 1. The first-order valence-corrected chi connectivity index (χ1v) is 9.88. The number of nitrogens with zero attached hydrogens (tertiary/aromatic N) is 2. The van der Waals surface area contributed by atoms with Crippen LogP contribution in [0.2, 0.25) is 5.02 Å². The molecule has 1 aliphatic heterocycles. The largest absolute Gasteiger partial charge is 0.372 e. The van der Waals surface area contributed by atoms with Gasteiger partial charge in [-0.25, -0.2) is 0 Å². The lowest BCUT2D eigenvalue weighted by Gasteiger charge is -2.28. The minimum Gasteiger partial charge on any atom is -0.372 e. The fourth-order valence-corrected chi connectivity index (χ4v) is 3.91. The highest BCUT2D eigenvalue weighted by molar-refractivity contribution is 6.31. The number of amides is 1. The molecular weight excluding hydrogens is 374 g/mol. The van der Waals surface area contributed by atoms with Crippen LogP contribution in [0, 0.1) is 0 Å². The van der Waals surface area contributed by atoms with Crippen molar-refractivity contribution in [3.8, 4) is 0 Å². The first-order valence-electron chi connectivity index (χ1n) is 9.51. The molecular formula is C22H22ClN3O2. The maximum absolute atomic E-state index is 12.9. The zero-order valence-corrected chi connectivity index (χ0v) is 16.5. The van der Waals surface area contributed by atoms with Gasteiger partial charge in [0.15, 0.2) is 0 Å². The molecule has 1 N–H and O–H groups in total. The van der Waals surface area contributed by atoms with Crippen LogP contribution in [0.5, 0.6) is 0 Å². The quantitative estimate of drug-likeness (QED) is 0.663. The summed E-state index contributed by atoms with van der Waals surface area (Å²) < 4.78 is 1.45. The van der Waals surface area contributed by atoms with Crippen molar-refractivity contribution >= 4 is 45.7 Å². The number of piperidine rings is 1. The fourth-order valence-electron chi connectivity index (χ4n) is 3.75. The lowest BCUT2D eigenvalue weighted by atomic mass is 10.1. The Morgan fingerprint density at radius 2 is 1.71 bits per heavy atom. The van der Waals surface area contributed by atoms with Gasteiger partial charge in [0.25, 0.3) is 5.91 Å². The van der Waals surface area contributed by atoms with Gasteiger partial charge in [-0.2, -0.15) is 0 Å². The van der Waals surface area contributed by atoms with Crippen LogP contribution < -0.4 is 10.2 Å². The third-order valence-electron chi connectivity index (χ3n) is 5.20. The maximum atomic E-state index is 12.9. The van der Waals surface area contributed by atoms with Crippen LogP contribution in [0.25, 0.3) is 10.9 Å². The number of fused-ring (bicyclic) bond motifs is 1. The van der Waals surface area contributed by atoms with Gasteiger partial charge in [-0.15, -0.1) is 0 Å². The number of benzene rings is 2. The zero-order valence-electron chi connectivity index (χ0n) is 15.7. The van der Waals surface area contributed by atoms with E-state index in [0.29, 0.717) is 21.5 Å². The smallest absolute Gasteiger partial charge is 0.257 e. The van der Waals surface area contributed by atoms with Crippen molar-refractivity contribution in [1.82, 2.24) is 4.57 Å². The molecule has 0 spiro atoms. The average molecular weight is 396 g/mol. The molecule has 144 valence electrons. The molecule has 2 aromatic carbocycles. The van der Waals surface area contributed by atoms with E-state index in [1.165, 1.54) is 36.4 Å². The molecule has 0 bridgehead atoms. The van der Waals surface area contributed by atoms with Gasteiger partial charge in [0.2, 0.25) is 5.91 Å². The predicted molar refractivity (Wildman–Crippen MR) is 114 cm³/mol. The van der Waals surface area contributed by atoms with Crippen molar-refractivity contribution in [2.75, 3.05) is 23.3 Å². The van der Waals surface area contributed by atoms with Gasteiger partial charge in [-0.05, 0) is 55.7 Å². The van der Waals surface area contributed by atoms with Crippen molar-refractivity contribution < 1.29 is 9.59 Å². The van der Waals surface area contributed by atoms with Crippen LogP contribution in [0.4, 0.5) is 11.4 Å². The Balaban J connectivity index is 1.57. The number of anilines is 2. The molecule has 1 saturated heterocycles. The van der Waals surface area contributed by atoms with E-state index in [-0.39, 0.29) is 11.8 Å². The van der Waals surface area contributed by atoms with Crippen molar-refractivity contribution in [2.24, 2.45) is 0 Å². The molecule has 1 aromatic heterocycles. The Labute approximate surface area is 168 Å². The second-order valence-corrected chi connectivity index (χ2v) is 7.58. The van der Waals surface area contributed by atoms with E-state index in [0.717, 1.165) is 18.8 Å². The summed E-state index contributed by atoms with van der Waals surface area (Å²) >= 11 is 6.06. The summed E-state index contributed by atoms with van der Waals surface area (Å²) in [6.07, 6.45) is 5.32. The Kier molecular flexibility index (Phi) is 5.09. The third kappa shape index (κ3) is 3.62. The van der Waals surface area contributed by atoms with E-state index < -0.39 is 0 Å². The molecule has 1 aliphatic rings. The van der Waals surface area contributed by atoms with Gasteiger partial charge in [-0.1, -0.05) is 17.7 Å². The Morgan fingerprint density at radius 1 is 1.00 bits per heavy atom. The third-order valence-corrected chi connectivity index (χ3v) is 5.43. The molecule has 0 radical (unpaired) electrons. The number of carbonyl (C=O) groups is 2. The first kappa shape index (κ1) is 18.6. The van der Waals surface area contributed by atoms with Crippen LogP contribution >= 0.6 is 11.6 Å². The van der Waals surface area contributed by atoms with Crippen molar-refractivity contribution in [2.45, 2.75) is 26.2 Å². The summed E-state index contributed by atoms with van der Waals surface area (Å²) in [4.78, 5) is 27.2. The maximum Gasteiger partial charge on any atom is 0.257 e. The topological polar surface area (TPSA) is 54.3 Å².